The molecule has 1 aromatic heterocycles. The minimum atomic E-state index is -0.714. The molecule has 3 aliphatic rings. The second-order valence-corrected chi connectivity index (χ2v) is 10.0. The van der Waals surface area contributed by atoms with Crippen molar-refractivity contribution in [1.82, 2.24) is 14.9 Å². The van der Waals surface area contributed by atoms with Crippen molar-refractivity contribution >= 4 is 11.9 Å². The summed E-state index contributed by atoms with van der Waals surface area (Å²) in [6.07, 6.45) is 7.58. The highest BCUT2D eigenvalue weighted by molar-refractivity contribution is 5.94. The van der Waals surface area contributed by atoms with Crippen LogP contribution < -0.4 is 4.90 Å². The van der Waals surface area contributed by atoms with Crippen molar-refractivity contribution in [2.45, 2.75) is 56.3 Å². The lowest BCUT2D eigenvalue weighted by Gasteiger charge is -2.49. The summed E-state index contributed by atoms with van der Waals surface area (Å²) in [7, 11) is 1.69. The number of ether oxygens (including phenoxy) is 2. The van der Waals surface area contributed by atoms with Crippen LogP contribution in [0.2, 0.25) is 0 Å². The van der Waals surface area contributed by atoms with Gasteiger partial charge in [0.2, 0.25) is 5.95 Å². The molecule has 1 saturated carbocycles. The number of hydrogen-bond acceptors (Lipinski definition) is 7. The van der Waals surface area contributed by atoms with Gasteiger partial charge in [-0.2, -0.15) is 0 Å². The van der Waals surface area contributed by atoms with Crippen molar-refractivity contribution in [3.63, 3.8) is 0 Å². The third-order valence-corrected chi connectivity index (χ3v) is 7.62. The molecule has 2 aliphatic heterocycles. The van der Waals surface area contributed by atoms with E-state index in [1.165, 1.54) is 0 Å². The number of carbonyl (C=O) groups is 1. The maximum atomic E-state index is 13.3. The summed E-state index contributed by atoms with van der Waals surface area (Å²) in [5, 5.41) is 10.7. The number of hydrogen-bond donors (Lipinski definition) is 1. The summed E-state index contributed by atoms with van der Waals surface area (Å²) in [5.74, 6) is 0.742. The molecule has 34 heavy (non-hydrogen) atoms. The zero-order chi connectivity index (χ0) is 23.8. The highest BCUT2D eigenvalue weighted by Gasteiger charge is 2.44. The lowest BCUT2D eigenvalue weighted by atomic mass is 9.73. The van der Waals surface area contributed by atoms with Gasteiger partial charge in [0, 0.05) is 46.1 Å². The van der Waals surface area contributed by atoms with Crippen LogP contribution in [0.15, 0.2) is 36.7 Å². The van der Waals surface area contributed by atoms with Gasteiger partial charge >= 0.3 is 0 Å². The number of piperidine rings is 1. The van der Waals surface area contributed by atoms with Crippen LogP contribution in [0.4, 0.5) is 5.95 Å². The fourth-order valence-corrected chi connectivity index (χ4v) is 5.64. The Hall–Kier alpha value is -2.55. The summed E-state index contributed by atoms with van der Waals surface area (Å²) >= 11 is 0. The van der Waals surface area contributed by atoms with Gasteiger partial charge < -0.3 is 24.4 Å². The molecule has 184 valence electrons. The molecule has 1 amide bonds. The van der Waals surface area contributed by atoms with Gasteiger partial charge in [0.1, 0.15) is 0 Å². The average Bonchev–Trinajstić information content (AvgIpc) is 2.83. The predicted octanol–water partition coefficient (Wildman–Crippen LogP) is 2.93. The molecule has 1 aliphatic carbocycles. The third kappa shape index (κ3) is 4.42. The molecule has 0 radical (unpaired) electrons. The summed E-state index contributed by atoms with van der Waals surface area (Å²) in [6.45, 7) is 5.14. The molecule has 8 nitrogen and oxygen atoms in total. The molecule has 3 heterocycles. The predicted molar refractivity (Wildman–Crippen MR) is 130 cm³/mol. The Morgan fingerprint density at radius 2 is 1.97 bits per heavy atom. The molecule has 2 saturated heterocycles. The number of aliphatic hydroxyl groups is 1. The Balaban J connectivity index is 0.00000289. The maximum Gasteiger partial charge on any atom is 0.253 e. The molecule has 1 spiro atoms. The molecule has 2 aromatic rings. The number of carbonyl (C=O) groups excluding carboxylic acids is 1. The molecule has 8 heteroatoms. The van der Waals surface area contributed by atoms with Crippen LogP contribution in [0.5, 0.6) is 0 Å². The van der Waals surface area contributed by atoms with Crippen molar-refractivity contribution in [3.8, 4) is 0 Å². The number of nitrogens with zero attached hydrogens (tertiary/aromatic N) is 4. The summed E-state index contributed by atoms with van der Waals surface area (Å²) in [4.78, 5) is 26.3. The van der Waals surface area contributed by atoms with Crippen LogP contribution >= 0.6 is 0 Å². The van der Waals surface area contributed by atoms with E-state index in [0.29, 0.717) is 44.3 Å². The Kier molecular flexibility index (Phi) is 6.31. The number of benzene rings is 1. The van der Waals surface area contributed by atoms with Crippen molar-refractivity contribution in [3.05, 3.63) is 53.3 Å². The first-order valence-corrected chi connectivity index (χ1v) is 12.2. The second kappa shape index (κ2) is 9.24. The van der Waals surface area contributed by atoms with E-state index in [1.807, 2.05) is 36.1 Å². The normalized spacial score (nSPS) is 23.6. The van der Waals surface area contributed by atoms with Crippen LogP contribution in [0.3, 0.4) is 0 Å². The molecular weight excluding hydrogens is 432 g/mol. The van der Waals surface area contributed by atoms with E-state index in [-0.39, 0.29) is 19.0 Å². The van der Waals surface area contributed by atoms with E-state index in [4.69, 9.17) is 9.47 Å². The fraction of sp³-hybridized carbons (Fsp3) is 0.577. The van der Waals surface area contributed by atoms with Gasteiger partial charge in [0.15, 0.2) is 0 Å². The number of morpholine rings is 1. The van der Waals surface area contributed by atoms with Crippen LogP contribution in [0.1, 0.15) is 55.0 Å². The first-order chi connectivity index (χ1) is 16.4. The largest absolute Gasteiger partial charge is 0.385 e. The van der Waals surface area contributed by atoms with Gasteiger partial charge in [0.05, 0.1) is 30.5 Å². The second-order valence-electron chi connectivity index (χ2n) is 10.0. The smallest absolute Gasteiger partial charge is 0.253 e. The molecule has 1 N–H and O–H groups in total. The minimum Gasteiger partial charge on any atom is -0.385 e. The van der Waals surface area contributed by atoms with E-state index < -0.39 is 5.60 Å². The van der Waals surface area contributed by atoms with Gasteiger partial charge in [-0.15, -0.1) is 0 Å². The first kappa shape index (κ1) is 23.2. The number of aryl methyl sites for hydroxylation is 1. The highest BCUT2D eigenvalue weighted by atomic mass is 16.5. The standard InChI is InChI=1S/C26H34N4O4.H2/c1-19-15-20(5-6-22(19)26(32)7-3-8-26)23(31)29-13-9-25(10-14-29)18-30(16-21(34-25)17-33-2)24-27-11-4-12-28-24;/h4-6,11-12,15,21,32H,3,7-10,13-14,16-18H2,1-2H3;1H. The summed E-state index contributed by atoms with van der Waals surface area (Å²) in [6, 6.07) is 7.55. The summed E-state index contributed by atoms with van der Waals surface area (Å²) < 4.78 is 11.9. The van der Waals surface area contributed by atoms with E-state index in [9.17, 15) is 9.90 Å². The number of likely N-dealkylation sites (tertiary alicyclic amines) is 1. The Morgan fingerprint density at radius 1 is 1.24 bits per heavy atom. The van der Waals surface area contributed by atoms with E-state index in [2.05, 4.69) is 14.9 Å². The van der Waals surface area contributed by atoms with Crippen molar-refractivity contribution in [2.75, 3.05) is 44.8 Å². The quantitative estimate of drug-likeness (QED) is 0.722. The molecule has 3 fully saturated rings. The molecular formula is C26H36N4O4. The third-order valence-electron chi connectivity index (χ3n) is 7.62. The van der Waals surface area contributed by atoms with Crippen molar-refractivity contribution < 1.29 is 20.8 Å². The Bertz CT molecular complexity index is 1030. The van der Waals surface area contributed by atoms with Gasteiger partial charge in [-0.05, 0) is 68.4 Å². The zero-order valence-corrected chi connectivity index (χ0v) is 20.1. The Labute approximate surface area is 202 Å². The van der Waals surface area contributed by atoms with Crippen molar-refractivity contribution in [1.29, 1.82) is 0 Å². The van der Waals surface area contributed by atoms with Gasteiger partial charge in [-0.3, -0.25) is 4.79 Å². The van der Waals surface area contributed by atoms with Gasteiger partial charge in [-0.1, -0.05) is 6.07 Å². The highest BCUT2D eigenvalue weighted by Crippen LogP contribution is 2.42. The van der Waals surface area contributed by atoms with Crippen LogP contribution in [0.25, 0.3) is 0 Å². The molecule has 1 aromatic carbocycles. The molecule has 1 unspecified atom stereocenters. The van der Waals surface area contributed by atoms with E-state index >= 15 is 0 Å². The van der Waals surface area contributed by atoms with Crippen molar-refractivity contribution in [2.24, 2.45) is 0 Å². The lowest BCUT2D eigenvalue weighted by Crippen LogP contribution is -2.61. The lowest BCUT2D eigenvalue weighted by molar-refractivity contribution is -0.145. The van der Waals surface area contributed by atoms with Crippen LogP contribution in [0, 0.1) is 6.92 Å². The SMILES string of the molecule is COCC1CN(c2ncccn2)CC2(CCN(C(=O)c3ccc(C4(O)CCC4)c(C)c3)CC2)O1.[HH]. The van der Waals surface area contributed by atoms with Gasteiger partial charge in [-0.25, -0.2) is 9.97 Å². The van der Waals surface area contributed by atoms with E-state index in [1.54, 1.807) is 19.5 Å². The van der Waals surface area contributed by atoms with Gasteiger partial charge in [0.25, 0.3) is 5.91 Å². The minimum absolute atomic E-state index is 0. The first-order valence-electron chi connectivity index (χ1n) is 12.2. The Morgan fingerprint density at radius 3 is 2.59 bits per heavy atom. The maximum absolute atomic E-state index is 13.3. The fourth-order valence-electron chi connectivity index (χ4n) is 5.64. The molecule has 1 atom stereocenters. The topological polar surface area (TPSA) is 88.0 Å². The summed E-state index contributed by atoms with van der Waals surface area (Å²) in [5.41, 5.74) is 1.55. The average molecular weight is 469 g/mol. The number of anilines is 1. The molecule has 5 rings (SSSR count). The number of rotatable bonds is 5. The monoisotopic (exact) mass is 468 g/mol. The molecule has 0 bridgehead atoms. The number of methoxy groups -OCH3 is 1. The van der Waals surface area contributed by atoms with E-state index in [0.717, 1.165) is 43.2 Å². The number of amides is 1. The van der Waals surface area contributed by atoms with Crippen LogP contribution in [-0.2, 0) is 15.1 Å². The zero-order valence-electron chi connectivity index (χ0n) is 20.1. The van der Waals surface area contributed by atoms with Crippen LogP contribution in [-0.4, -0.2) is 77.5 Å². The number of aromatic nitrogens is 2.